The maximum Gasteiger partial charge on any atom is 0.267 e. The molecular formula is C14H14BrN3O5. The number of nitro groups is 1. The number of nitrogens with zero attached hydrogens (tertiary/aromatic N) is 1. The third-order valence-corrected chi connectivity index (χ3v) is 4.46. The molecule has 1 aromatic heterocycles. The number of nitrogens with two attached hydrogens (primary N) is 1. The van der Waals surface area contributed by atoms with Crippen molar-refractivity contribution in [1.82, 2.24) is 4.98 Å². The van der Waals surface area contributed by atoms with Crippen LogP contribution in [-0.2, 0) is 15.9 Å². The molecule has 122 valence electrons. The molecule has 2 aromatic rings. The van der Waals surface area contributed by atoms with Crippen LogP contribution in [0.3, 0.4) is 0 Å². The Morgan fingerprint density at radius 3 is 2.78 bits per heavy atom. The van der Waals surface area contributed by atoms with E-state index in [1.807, 2.05) is 0 Å². The number of H-pyrrole nitrogens is 1. The third kappa shape index (κ3) is 2.82. The predicted molar refractivity (Wildman–Crippen MR) is 84.4 cm³/mol. The van der Waals surface area contributed by atoms with E-state index in [0.29, 0.717) is 22.0 Å². The fraction of sp³-hybridized carbons (Fsp3) is 0.357. The smallest absolute Gasteiger partial charge is 0.267 e. The van der Waals surface area contributed by atoms with E-state index in [9.17, 15) is 14.9 Å². The second-order valence-corrected chi connectivity index (χ2v) is 6.14. The van der Waals surface area contributed by atoms with E-state index >= 15 is 0 Å². The molecule has 1 unspecified atom stereocenters. The quantitative estimate of drug-likeness (QED) is 0.603. The van der Waals surface area contributed by atoms with Crippen molar-refractivity contribution in [3.05, 3.63) is 44.0 Å². The van der Waals surface area contributed by atoms with Crippen LogP contribution >= 0.6 is 15.9 Å². The molecule has 3 rings (SSSR count). The first-order chi connectivity index (χ1) is 10.9. The van der Waals surface area contributed by atoms with Gasteiger partial charge in [0.05, 0.1) is 11.1 Å². The van der Waals surface area contributed by atoms with Crippen LogP contribution in [0.1, 0.15) is 22.8 Å². The number of carbonyl (C=O) groups excluding carboxylic acids is 1. The Bertz CT molecular complexity index is 784. The van der Waals surface area contributed by atoms with E-state index in [2.05, 4.69) is 20.9 Å². The highest BCUT2D eigenvalue weighted by Crippen LogP contribution is 2.32. The van der Waals surface area contributed by atoms with E-state index in [0.717, 1.165) is 4.47 Å². The van der Waals surface area contributed by atoms with Crippen molar-refractivity contribution >= 4 is 32.7 Å². The minimum atomic E-state index is -1.03. The minimum Gasteiger partial charge on any atom is -0.366 e. The molecule has 2 heterocycles. The number of fused-ring (bicyclic) bond motifs is 1. The van der Waals surface area contributed by atoms with Gasteiger partial charge in [0, 0.05) is 27.4 Å². The van der Waals surface area contributed by atoms with Gasteiger partial charge in [0.1, 0.15) is 0 Å². The lowest BCUT2D eigenvalue weighted by Crippen LogP contribution is -2.50. The molecule has 0 bridgehead atoms. The fourth-order valence-electron chi connectivity index (χ4n) is 2.70. The molecule has 1 saturated heterocycles. The number of aromatic amines is 1. The van der Waals surface area contributed by atoms with Crippen molar-refractivity contribution in [2.24, 2.45) is 5.73 Å². The van der Waals surface area contributed by atoms with E-state index in [-0.39, 0.29) is 6.42 Å². The number of primary amides is 1. The fourth-order valence-corrected chi connectivity index (χ4v) is 3.29. The van der Waals surface area contributed by atoms with Crippen LogP contribution in [0, 0.1) is 10.1 Å². The Morgan fingerprint density at radius 2 is 2.22 bits per heavy atom. The molecule has 1 aromatic carbocycles. The van der Waals surface area contributed by atoms with Gasteiger partial charge in [0.25, 0.3) is 11.9 Å². The van der Waals surface area contributed by atoms with Gasteiger partial charge in [-0.3, -0.25) is 14.9 Å². The van der Waals surface area contributed by atoms with Crippen LogP contribution in [0.15, 0.2) is 22.8 Å². The predicted octanol–water partition coefficient (Wildman–Crippen LogP) is 1.94. The van der Waals surface area contributed by atoms with Gasteiger partial charge in [-0.25, -0.2) is 0 Å². The summed E-state index contributed by atoms with van der Waals surface area (Å²) in [5.74, 6) is -0.568. The Hall–Kier alpha value is -1.97. The molecule has 1 aliphatic rings. The summed E-state index contributed by atoms with van der Waals surface area (Å²) in [5.41, 5.74) is 6.92. The summed E-state index contributed by atoms with van der Waals surface area (Å²) in [6.07, 6.45) is 0.438. The number of ether oxygens (including phenoxy) is 2. The highest BCUT2D eigenvalue weighted by atomic mass is 79.9. The lowest BCUT2D eigenvalue weighted by molar-refractivity contribution is -0.578. The largest absolute Gasteiger partial charge is 0.366 e. The molecule has 1 fully saturated rings. The molecule has 0 radical (unpaired) electrons. The summed E-state index contributed by atoms with van der Waals surface area (Å²) in [4.78, 5) is 25.4. The maximum atomic E-state index is 11.5. The van der Waals surface area contributed by atoms with Crippen molar-refractivity contribution in [2.45, 2.75) is 32.0 Å². The topological polar surface area (TPSA) is 120 Å². The zero-order valence-electron chi connectivity index (χ0n) is 12.1. The molecule has 9 heteroatoms. The van der Waals surface area contributed by atoms with Crippen LogP contribution < -0.4 is 5.73 Å². The van der Waals surface area contributed by atoms with E-state index < -0.39 is 29.5 Å². The Labute approximate surface area is 139 Å². The first-order valence-electron chi connectivity index (χ1n) is 6.91. The van der Waals surface area contributed by atoms with Gasteiger partial charge in [-0.1, -0.05) is 15.9 Å². The Balaban J connectivity index is 1.98. The summed E-state index contributed by atoms with van der Waals surface area (Å²) in [6.45, 7) is 1.68. The molecule has 8 nitrogen and oxygen atoms in total. The van der Waals surface area contributed by atoms with Gasteiger partial charge in [-0.2, -0.15) is 0 Å². The standard InChI is InChI=1S/C14H14BrN3O5/c1-6-22-14(23-6)10(18(20)21)4-7-5-17-12-8(13(16)19)2-3-9(15)11(7)12/h2-3,5-6,10,14,17H,4H2,1H3,(H2,16,19). The van der Waals surface area contributed by atoms with Gasteiger partial charge in [0.2, 0.25) is 6.29 Å². The SMILES string of the molecule is CC1OC(C(Cc2c[nH]c3c(C(N)=O)ccc(Br)c23)[N+](=O)[O-])O1. The number of carbonyl (C=O) groups is 1. The van der Waals surface area contributed by atoms with Crippen molar-refractivity contribution in [3.63, 3.8) is 0 Å². The lowest BCUT2D eigenvalue weighted by Gasteiger charge is -2.34. The van der Waals surface area contributed by atoms with E-state index in [1.165, 1.54) is 0 Å². The molecular weight excluding hydrogens is 370 g/mol. The van der Waals surface area contributed by atoms with E-state index in [1.54, 1.807) is 25.3 Å². The zero-order chi connectivity index (χ0) is 16.7. The minimum absolute atomic E-state index is 0.102. The van der Waals surface area contributed by atoms with Crippen LogP contribution in [0.4, 0.5) is 0 Å². The number of hydrogen-bond donors (Lipinski definition) is 2. The molecule has 1 atom stereocenters. The van der Waals surface area contributed by atoms with Gasteiger partial charge in [-0.15, -0.1) is 0 Å². The lowest BCUT2D eigenvalue weighted by atomic mass is 10.0. The summed E-state index contributed by atoms with van der Waals surface area (Å²) >= 11 is 3.41. The van der Waals surface area contributed by atoms with Crippen LogP contribution in [0.2, 0.25) is 0 Å². The summed E-state index contributed by atoms with van der Waals surface area (Å²) in [6, 6.07) is 2.26. The summed E-state index contributed by atoms with van der Waals surface area (Å²) < 4.78 is 11.2. The Morgan fingerprint density at radius 1 is 1.52 bits per heavy atom. The monoisotopic (exact) mass is 383 g/mol. The average molecular weight is 384 g/mol. The van der Waals surface area contributed by atoms with Gasteiger partial charge < -0.3 is 20.2 Å². The van der Waals surface area contributed by atoms with Crippen LogP contribution in [-0.4, -0.2) is 34.4 Å². The second-order valence-electron chi connectivity index (χ2n) is 5.29. The van der Waals surface area contributed by atoms with Gasteiger partial charge >= 0.3 is 0 Å². The summed E-state index contributed by atoms with van der Waals surface area (Å²) in [5, 5.41) is 12.0. The third-order valence-electron chi connectivity index (χ3n) is 3.80. The van der Waals surface area contributed by atoms with Gasteiger partial charge in [-0.05, 0) is 24.6 Å². The van der Waals surface area contributed by atoms with Crippen LogP contribution in [0.5, 0.6) is 0 Å². The molecule has 1 aliphatic heterocycles. The van der Waals surface area contributed by atoms with Crippen molar-refractivity contribution in [1.29, 1.82) is 0 Å². The highest BCUT2D eigenvalue weighted by Gasteiger charge is 2.42. The maximum absolute atomic E-state index is 11.5. The molecule has 3 N–H and O–H groups in total. The average Bonchev–Trinajstić information content (AvgIpc) is 2.86. The number of rotatable bonds is 5. The van der Waals surface area contributed by atoms with Gasteiger partial charge in [0.15, 0.2) is 6.29 Å². The van der Waals surface area contributed by atoms with Crippen LogP contribution in [0.25, 0.3) is 10.9 Å². The number of amides is 1. The van der Waals surface area contributed by atoms with Crippen molar-refractivity contribution in [2.75, 3.05) is 0 Å². The summed E-state index contributed by atoms with van der Waals surface area (Å²) in [7, 11) is 0. The Kier molecular flexibility index (Phi) is 4.09. The molecule has 0 saturated carbocycles. The number of aromatic nitrogens is 1. The number of halogens is 1. The molecule has 0 aliphatic carbocycles. The van der Waals surface area contributed by atoms with Crippen molar-refractivity contribution in [3.8, 4) is 0 Å². The first-order valence-corrected chi connectivity index (χ1v) is 7.70. The zero-order valence-corrected chi connectivity index (χ0v) is 13.7. The number of hydrogen-bond acceptors (Lipinski definition) is 5. The van der Waals surface area contributed by atoms with E-state index in [4.69, 9.17) is 15.2 Å². The molecule has 1 amide bonds. The number of nitrogens with one attached hydrogen (secondary N) is 1. The number of benzene rings is 1. The molecule has 0 spiro atoms. The molecule has 23 heavy (non-hydrogen) atoms. The highest BCUT2D eigenvalue weighted by molar-refractivity contribution is 9.10. The normalized spacial score (nSPS) is 21.8. The second kappa shape index (κ2) is 5.91. The van der Waals surface area contributed by atoms with Crippen molar-refractivity contribution < 1.29 is 19.2 Å². The first kappa shape index (κ1) is 15.9.